The van der Waals surface area contributed by atoms with Crippen molar-refractivity contribution in [2.75, 3.05) is 18.0 Å². The quantitative estimate of drug-likeness (QED) is 0.902. The molecule has 0 radical (unpaired) electrons. The lowest BCUT2D eigenvalue weighted by molar-refractivity contribution is -0.119. The zero-order chi connectivity index (χ0) is 17.1. The Morgan fingerprint density at radius 1 is 1.33 bits per heavy atom. The fourth-order valence-electron chi connectivity index (χ4n) is 3.70. The van der Waals surface area contributed by atoms with Crippen molar-refractivity contribution in [3.63, 3.8) is 0 Å². The first-order chi connectivity index (χ1) is 11.5. The molecule has 1 aromatic rings. The Labute approximate surface area is 143 Å². The van der Waals surface area contributed by atoms with E-state index in [1.165, 1.54) is 43.7 Å². The van der Waals surface area contributed by atoms with E-state index in [1.807, 2.05) is 6.07 Å². The molecule has 1 saturated carbocycles. The highest BCUT2D eigenvalue weighted by atomic mass is 16.6. The summed E-state index contributed by atoms with van der Waals surface area (Å²) in [6.07, 6.45) is 5.90. The number of hydrogen-bond acceptors (Lipinski definition) is 3. The molecular formula is C19H26N2O3. The van der Waals surface area contributed by atoms with Crippen molar-refractivity contribution < 1.29 is 14.3 Å². The number of nitrogens with one attached hydrogen (secondary N) is 1. The molecular weight excluding hydrogens is 304 g/mol. The fourth-order valence-corrected chi connectivity index (χ4v) is 3.70. The number of anilines is 1. The Hall–Kier alpha value is -2.04. The van der Waals surface area contributed by atoms with Crippen LogP contribution in [0.1, 0.15) is 43.7 Å². The topological polar surface area (TPSA) is 58.6 Å². The SMILES string of the molecule is CC(=O)NC[C@H]1CN(c2ccc(CC3CCCC3)c(C)c2)C(=O)O1. The van der Waals surface area contributed by atoms with Crippen LogP contribution in [-0.2, 0) is 16.0 Å². The molecule has 0 aromatic heterocycles. The molecule has 1 saturated heterocycles. The van der Waals surface area contributed by atoms with Crippen molar-refractivity contribution in [1.29, 1.82) is 0 Å². The van der Waals surface area contributed by atoms with Gasteiger partial charge in [0, 0.05) is 12.6 Å². The second-order valence-corrected chi connectivity index (χ2v) is 7.02. The predicted molar refractivity (Wildman–Crippen MR) is 93.1 cm³/mol. The molecule has 130 valence electrons. The van der Waals surface area contributed by atoms with Gasteiger partial charge in [0.2, 0.25) is 5.91 Å². The lowest BCUT2D eigenvalue weighted by Gasteiger charge is -2.17. The Morgan fingerprint density at radius 2 is 2.08 bits per heavy atom. The minimum atomic E-state index is -0.340. The number of carbonyl (C=O) groups is 2. The van der Waals surface area contributed by atoms with Crippen LogP contribution in [0.4, 0.5) is 10.5 Å². The normalized spacial score (nSPS) is 21.2. The van der Waals surface area contributed by atoms with Gasteiger partial charge < -0.3 is 10.1 Å². The molecule has 1 aliphatic carbocycles. The molecule has 1 heterocycles. The summed E-state index contributed by atoms with van der Waals surface area (Å²) in [4.78, 5) is 24.7. The highest BCUT2D eigenvalue weighted by molar-refractivity contribution is 5.90. The molecule has 3 rings (SSSR count). The van der Waals surface area contributed by atoms with E-state index in [4.69, 9.17) is 4.74 Å². The molecule has 1 aliphatic heterocycles. The maximum atomic E-state index is 12.1. The van der Waals surface area contributed by atoms with Crippen LogP contribution in [0.2, 0.25) is 0 Å². The summed E-state index contributed by atoms with van der Waals surface area (Å²) in [6.45, 7) is 4.40. The summed E-state index contributed by atoms with van der Waals surface area (Å²) < 4.78 is 5.33. The molecule has 0 bridgehead atoms. The molecule has 24 heavy (non-hydrogen) atoms. The van der Waals surface area contributed by atoms with E-state index in [2.05, 4.69) is 24.4 Å². The van der Waals surface area contributed by atoms with Gasteiger partial charge >= 0.3 is 6.09 Å². The third kappa shape index (κ3) is 3.89. The van der Waals surface area contributed by atoms with Gasteiger partial charge in [0.05, 0.1) is 13.1 Å². The largest absolute Gasteiger partial charge is 0.442 e. The smallest absolute Gasteiger partial charge is 0.414 e. The molecule has 1 N–H and O–H groups in total. The molecule has 0 spiro atoms. The average molecular weight is 330 g/mol. The van der Waals surface area contributed by atoms with Crippen molar-refractivity contribution >= 4 is 17.7 Å². The third-order valence-electron chi connectivity index (χ3n) is 5.07. The number of benzene rings is 1. The van der Waals surface area contributed by atoms with Crippen LogP contribution < -0.4 is 10.2 Å². The van der Waals surface area contributed by atoms with Crippen molar-refractivity contribution in [3.05, 3.63) is 29.3 Å². The highest BCUT2D eigenvalue weighted by Crippen LogP contribution is 2.30. The number of nitrogens with zero attached hydrogens (tertiary/aromatic N) is 1. The van der Waals surface area contributed by atoms with Gasteiger partial charge in [-0.2, -0.15) is 0 Å². The highest BCUT2D eigenvalue weighted by Gasteiger charge is 2.32. The summed E-state index contributed by atoms with van der Waals surface area (Å²) in [5.41, 5.74) is 3.49. The molecule has 1 aromatic carbocycles. The van der Waals surface area contributed by atoms with Crippen molar-refractivity contribution in [2.45, 2.75) is 52.1 Å². The Bertz CT molecular complexity index is 623. The van der Waals surface area contributed by atoms with Gasteiger partial charge in [0.1, 0.15) is 6.10 Å². The number of amides is 2. The molecule has 2 aliphatic rings. The van der Waals surface area contributed by atoms with Crippen LogP contribution in [-0.4, -0.2) is 31.2 Å². The lowest BCUT2D eigenvalue weighted by Crippen LogP contribution is -2.33. The Kier molecular flexibility index (Phi) is 5.07. The van der Waals surface area contributed by atoms with Gasteiger partial charge in [-0.25, -0.2) is 4.79 Å². The maximum absolute atomic E-state index is 12.1. The van der Waals surface area contributed by atoms with Crippen LogP contribution in [0.5, 0.6) is 0 Å². The zero-order valence-electron chi connectivity index (χ0n) is 14.5. The Morgan fingerprint density at radius 3 is 2.75 bits per heavy atom. The second kappa shape index (κ2) is 7.24. The van der Waals surface area contributed by atoms with E-state index in [0.29, 0.717) is 13.1 Å². The zero-order valence-corrected chi connectivity index (χ0v) is 14.5. The number of ether oxygens (including phenoxy) is 1. The van der Waals surface area contributed by atoms with Crippen LogP contribution in [0.3, 0.4) is 0 Å². The van der Waals surface area contributed by atoms with E-state index >= 15 is 0 Å². The van der Waals surface area contributed by atoms with Crippen LogP contribution in [0.15, 0.2) is 18.2 Å². The number of aryl methyl sites for hydroxylation is 1. The minimum absolute atomic E-state index is 0.114. The van der Waals surface area contributed by atoms with Gasteiger partial charge in [-0.05, 0) is 42.5 Å². The van der Waals surface area contributed by atoms with Crippen molar-refractivity contribution in [1.82, 2.24) is 5.32 Å². The van der Waals surface area contributed by atoms with E-state index in [-0.39, 0.29) is 18.1 Å². The van der Waals surface area contributed by atoms with Crippen LogP contribution in [0.25, 0.3) is 0 Å². The summed E-state index contributed by atoms with van der Waals surface area (Å²) in [6, 6.07) is 6.24. The molecule has 0 unspecified atom stereocenters. The Balaban J connectivity index is 1.65. The maximum Gasteiger partial charge on any atom is 0.414 e. The first-order valence-corrected chi connectivity index (χ1v) is 8.85. The lowest BCUT2D eigenvalue weighted by atomic mass is 9.94. The molecule has 1 atom stereocenters. The van der Waals surface area contributed by atoms with Crippen LogP contribution >= 0.6 is 0 Å². The van der Waals surface area contributed by atoms with Crippen molar-refractivity contribution in [3.8, 4) is 0 Å². The molecule has 5 nitrogen and oxygen atoms in total. The van der Waals surface area contributed by atoms with Crippen LogP contribution in [0, 0.1) is 12.8 Å². The molecule has 2 amide bonds. The van der Waals surface area contributed by atoms with Crippen molar-refractivity contribution in [2.24, 2.45) is 5.92 Å². The summed E-state index contributed by atoms with van der Waals surface area (Å²) in [5, 5.41) is 2.70. The third-order valence-corrected chi connectivity index (χ3v) is 5.07. The van der Waals surface area contributed by atoms with Gasteiger partial charge in [-0.3, -0.25) is 9.69 Å². The van der Waals surface area contributed by atoms with E-state index < -0.39 is 0 Å². The fraction of sp³-hybridized carbons (Fsp3) is 0.579. The van der Waals surface area contributed by atoms with Gasteiger partial charge in [0.15, 0.2) is 0 Å². The molecule has 5 heteroatoms. The van der Waals surface area contributed by atoms with E-state index in [9.17, 15) is 9.59 Å². The first-order valence-electron chi connectivity index (χ1n) is 8.85. The van der Waals surface area contributed by atoms with Gasteiger partial charge in [-0.1, -0.05) is 31.7 Å². The standard InChI is InChI=1S/C19H26N2O3/c1-13-9-17(8-7-16(13)10-15-5-3-4-6-15)21-12-18(24-19(21)23)11-20-14(2)22/h7-9,15,18H,3-6,10-12H2,1-2H3,(H,20,22)/t18-/m0/s1. The first kappa shape index (κ1) is 16.8. The summed E-state index contributed by atoms with van der Waals surface area (Å²) >= 11 is 0. The number of cyclic esters (lactones) is 1. The average Bonchev–Trinajstić information content (AvgIpc) is 3.17. The van der Waals surface area contributed by atoms with E-state index in [0.717, 1.165) is 18.0 Å². The second-order valence-electron chi connectivity index (χ2n) is 7.02. The monoisotopic (exact) mass is 330 g/mol. The van der Waals surface area contributed by atoms with E-state index in [1.54, 1.807) is 4.90 Å². The number of hydrogen-bond donors (Lipinski definition) is 1. The number of carbonyl (C=O) groups excluding carboxylic acids is 2. The predicted octanol–water partition coefficient (Wildman–Crippen LogP) is 3.19. The minimum Gasteiger partial charge on any atom is -0.442 e. The number of rotatable bonds is 5. The molecule has 2 fully saturated rings. The summed E-state index contributed by atoms with van der Waals surface area (Å²) in [5.74, 6) is 0.699. The van der Waals surface area contributed by atoms with Gasteiger partial charge in [0.25, 0.3) is 0 Å². The van der Waals surface area contributed by atoms with Gasteiger partial charge in [-0.15, -0.1) is 0 Å². The summed E-state index contributed by atoms with van der Waals surface area (Å²) in [7, 11) is 0.